The van der Waals surface area contributed by atoms with E-state index in [-0.39, 0.29) is 0 Å². The fourth-order valence-corrected chi connectivity index (χ4v) is 7.60. The lowest BCUT2D eigenvalue weighted by molar-refractivity contribution is -0.0538. The van der Waals surface area contributed by atoms with Crippen molar-refractivity contribution in [3.8, 4) is 0 Å². The first kappa shape index (κ1) is 19.7. The molecule has 3 saturated carbocycles. The second-order valence-electron chi connectivity index (χ2n) is 10.9. The van der Waals surface area contributed by atoms with Crippen LogP contribution in [0, 0.1) is 45.8 Å². The highest BCUT2D eigenvalue weighted by Gasteiger charge is 2.66. The van der Waals surface area contributed by atoms with Crippen molar-refractivity contribution in [2.45, 2.75) is 80.1 Å². The average Bonchev–Trinajstić information content (AvgIpc) is 3.19. The van der Waals surface area contributed by atoms with E-state index in [9.17, 15) is 0 Å². The molecule has 2 N–H and O–H groups in total. The van der Waals surface area contributed by atoms with E-state index in [0.29, 0.717) is 16.2 Å². The summed E-state index contributed by atoms with van der Waals surface area (Å²) in [5.74, 6) is 4.85. The molecule has 0 aliphatic heterocycles. The molecular weight excluding hydrogens is 304 g/mol. The Balaban J connectivity index is 1.78. The molecule has 0 aromatic rings. The van der Waals surface area contributed by atoms with Gasteiger partial charge in [0.15, 0.2) is 0 Å². The second-order valence-corrected chi connectivity index (χ2v) is 10.9. The van der Waals surface area contributed by atoms with Crippen molar-refractivity contribution in [1.82, 2.24) is 10.6 Å². The van der Waals surface area contributed by atoms with Crippen molar-refractivity contribution in [1.29, 1.82) is 0 Å². The van der Waals surface area contributed by atoms with Gasteiger partial charge in [0.1, 0.15) is 0 Å². The Kier molecular flexibility index (Phi) is 5.37. The highest BCUT2D eigenvalue weighted by atomic mass is 15.0. The van der Waals surface area contributed by atoms with Gasteiger partial charge in [-0.05, 0) is 85.1 Å². The minimum Gasteiger partial charge on any atom is -0.308 e. The Hall–Kier alpha value is -0.0800. The van der Waals surface area contributed by atoms with Gasteiger partial charge in [-0.1, -0.05) is 54.4 Å². The van der Waals surface area contributed by atoms with E-state index in [2.05, 4.69) is 52.2 Å². The first-order chi connectivity index (χ1) is 11.7. The third-order valence-electron chi connectivity index (χ3n) is 9.72. The minimum absolute atomic E-state index is 0.415. The Labute approximate surface area is 157 Å². The molecule has 0 aromatic carbocycles. The standard InChI is InChI=1S/C23H44N2/c1-8-17(14-25-15-24-7)21(3,4)23(6)11-16-10-20(23)19-13-22(5,9-2)12-18(16)19/h16-20,24-25H,8-15H2,1-7H3. The Morgan fingerprint density at radius 2 is 1.76 bits per heavy atom. The predicted octanol–water partition coefficient (Wildman–Crippen LogP) is 5.29. The van der Waals surface area contributed by atoms with Gasteiger partial charge in [0, 0.05) is 6.67 Å². The van der Waals surface area contributed by atoms with Crippen LogP contribution in [0.15, 0.2) is 0 Å². The summed E-state index contributed by atoms with van der Waals surface area (Å²) in [4.78, 5) is 0. The van der Waals surface area contributed by atoms with Gasteiger partial charge in [-0.15, -0.1) is 0 Å². The van der Waals surface area contributed by atoms with E-state index in [1.807, 2.05) is 7.05 Å². The molecule has 2 bridgehead atoms. The van der Waals surface area contributed by atoms with Crippen LogP contribution in [0.5, 0.6) is 0 Å². The first-order valence-corrected chi connectivity index (χ1v) is 11.1. The van der Waals surface area contributed by atoms with Crippen LogP contribution < -0.4 is 10.6 Å². The maximum atomic E-state index is 3.63. The third-order valence-corrected chi connectivity index (χ3v) is 9.72. The molecule has 0 spiro atoms. The number of rotatable bonds is 8. The lowest BCUT2D eigenvalue weighted by Crippen LogP contribution is -2.50. The summed E-state index contributed by atoms with van der Waals surface area (Å²) in [5.41, 5.74) is 1.58. The first-order valence-electron chi connectivity index (χ1n) is 11.1. The van der Waals surface area contributed by atoms with Crippen molar-refractivity contribution in [3.05, 3.63) is 0 Å². The lowest BCUT2D eigenvalue weighted by Gasteiger charge is -2.54. The molecule has 3 aliphatic rings. The van der Waals surface area contributed by atoms with Crippen LogP contribution in [0.2, 0.25) is 0 Å². The van der Waals surface area contributed by atoms with Gasteiger partial charge in [-0.25, -0.2) is 0 Å². The summed E-state index contributed by atoms with van der Waals surface area (Å²) in [6.07, 6.45) is 8.73. The number of hydrogen-bond acceptors (Lipinski definition) is 2. The van der Waals surface area contributed by atoms with Gasteiger partial charge >= 0.3 is 0 Å². The third kappa shape index (κ3) is 3.00. The van der Waals surface area contributed by atoms with E-state index in [4.69, 9.17) is 0 Å². The highest BCUT2D eigenvalue weighted by molar-refractivity contribution is 5.14. The second kappa shape index (κ2) is 6.82. The van der Waals surface area contributed by atoms with Gasteiger partial charge < -0.3 is 10.6 Å². The lowest BCUT2D eigenvalue weighted by atomic mass is 9.51. The molecular formula is C23H44N2. The van der Waals surface area contributed by atoms with Crippen molar-refractivity contribution in [2.75, 3.05) is 20.3 Å². The SMILES string of the molecule is CCC(CNCNC)C(C)(C)C1(C)CC2CC1C1CC(C)(CC)CC21. The highest BCUT2D eigenvalue weighted by Crippen LogP contribution is 2.73. The van der Waals surface area contributed by atoms with Crippen LogP contribution in [0.25, 0.3) is 0 Å². The summed E-state index contributed by atoms with van der Waals surface area (Å²) >= 11 is 0. The van der Waals surface area contributed by atoms with Gasteiger partial charge in [0.25, 0.3) is 0 Å². The fraction of sp³-hybridized carbons (Fsp3) is 1.00. The van der Waals surface area contributed by atoms with Crippen LogP contribution >= 0.6 is 0 Å². The number of nitrogens with one attached hydrogen (secondary N) is 2. The van der Waals surface area contributed by atoms with Crippen LogP contribution in [0.3, 0.4) is 0 Å². The zero-order chi connectivity index (χ0) is 18.5. The van der Waals surface area contributed by atoms with E-state index >= 15 is 0 Å². The van der Waals surface area contributed by atoms with Crippen LogP contribution in [0.4, 0.5) is 0 Å². The molecule has 146 valence electrons. The molecule has 3 fully saturated rings. The minimum atomic E-state index is 0.415. The zero-order valence-electron chi connectivity index (χ0n) is 18.0. The molecule has 2 nitrogen and oxygen atoms in total. The molecule has 3 rings (SSSR count). The average molecular weight is 349 g/mol. The summed E-state index contributed by atoms with van der Waals surface area (Å²) < 4.78 is 0. The van der Waals surface area contributed by atoms with E-state index in [0.717, 1.165) is 42.8 Å². The fourth-order valence-electron chi connectivity index (χ4n) is 7.60. The van der Waals surface area contributed by atoms with Crippen LogP contribution in [-0.2, 0) is 0 Å². The predicted molar refractivity (Wildman–Crippen MR) is 108 cm³/mol. The number of hydrogen-bond donors (Lipinski definition) is 2. The Morgan fingerprint density at radius 1 is 1.08 bits per heavy atom. The van der Waals surface area contributed by atoms with Crippen LogP contribution in [-0.4, -0.2) is 20.3 Å². The smallest absolute Gasteiger partial charge is 0.0451 e. The molecule has 0 heterocycles. The summed E-state index contributed by atoms with van der Waals surface area (Å²) in [7, 11) is 2.03. The molecule has 0 saturated heterocycles. The maximum Gasteiger partial charge on any atom is 0.0451 e. The molecule has 2 heteroatoms. The molecule has 7 unspecified atom stereocenters. The van der Waals surface area contributed by atoms with Crippen LogP contribution in [0.1, 0.15) is 80.1 Å². The summed E-state index contributed by atoms with van der Waals surface area (Å²) in [6, 6.07) is 0. The van der Waals surface area contributed by atoms with E-state index in [1.54, 1.807) is 0 Å². The largest absolute Gasteiger partial charge is 0.308 e. The van der Waals surface area contributed by atoms with E-state index < -0.39 is 0 Å². The molecule has 25 heavy (non-hydrogen) atoms. The Bertz CT molecular complexity index is 473. The van der Waals surface area contributed by atoms with Gasteiger partial charge in [0.2, 0.25) is 0 Å². The quantitative estimate of drug-likeness (QED) is 0.460. The normalized spacial score (nSPS) is 44.3. The molecule has 3 aliphatic carbocycles. The molecule has 0 amide bonds. The molecule has 0 aromatic heterocycles. The van der Waals surface area contributed by atoms with Gasteiger partial charge in [0.05, 0.1) is 0 Å². The van der Waals surface area contributed by atoms with Gasteiger partial charge in [-0.2, -0.15) is 0 Å². The topological polar surface area (TPSA) is 24.1 Å². The van der Waals surface area contributed by atoms with E-state index in [1.165, 1.54) is 38.5 Å². The van der Waals surface area contributed by atoms with Gasteiger partial charge in [-0.3, -0.25) is 0 Å². The molecule has 7 atom stereocenters. The molecule has 0 radical (unpaired) electrons. The van der Waals surface area contributed by atoms with Crippen molar-refractivity contribution >= 4 is 0 Å². The monoisotopic (exact) mass is 348 g/mol. The zero-order valence-corrected chi connectivity index (χ0v) is 18.0. The van der Waals surface area contributed by atoms with Crippen molar-refractivity contribution in [3.63, 3.8) is 0 Å². The Morgan fingerprint density at radius 3 is 2.36 bits per heavy atom. The number of fused-ring (bicyclic) bond motifs is 5. The van der Waals surface area contributed by atoms with Crippen molar-refractivity contribution in [2.24, 2.45) is 45.8 Å². The summed E-state index contributed by atoms with van der Waals surface area (Å²) in [6.45, 7) is 17.4. The maximum absolute atomic E-state index is 3.63. The van der Waals surface area contributed by atoms with Crippen molar-refractivity contribution < 1.29 is 0 Å². The summed E-state index contributed by atoms with van der Waals surface area (Å²) in [5, 5.41) is 6.87.